The first-order valence-corrected chi connectivity index (χ1v) is 12.9. The van der Waals surface area contributed by atoms with Crippen LogP contribution in [0.4, 0.5) is 11.8 Å². The van der Waals surface area contributed by atoms with Gasteiger partial charge in [-0.15, -0.1) is 11.3 Å². The molecule has 0 saturated heterocycles. The predicted octanol–water partition coefficient (Wildman–Crippen LogP) is 2.92. The minimum absolute atomic E-state index is 0.202. The number of nitrogens with one attached hydrogen (secondary N) is 2. The predicted molar refractivity (Wildman–Crippen MR) is 140 cm³/mol. The molecule has 192 valence electrons. The van der Waals surface area contributed by atoms with Crippen molar-refractivity contribution < 1.29 is 24.8 Å². The van der Waals surface area contributed by atoms with Crippen LogP contribution in [0.3, 0.4) is 0 Å². The van der Waals surface area contributed by atoms with E-state index >= 15 is 0 Å². The van der Waals surface area contributed by atoms with E-state index in [9.17, 15) is 15.3 Å². The van der Waals surface area contributed by atoms with E-state index in [2.05, 4.69) is 10.6 Å². The number of benzene rings is 2. The number of fused-ring (bicyclic) bond motifs is 2. The summed E-state index contributed by atoms with van der Waals surface area (Å²) in [6.45, 7) is 2.38. The third-order valence-electron chi connectivity index (χ3n) is 6.84. The Morgan fingerprint density at radius 1 is 1.03 bits per heavy atom. The molecule has 3 heterocycles. The molecule has 2 aromatic carbocycles. The Morgan fingerprint density at radius 3 is 2.68 bits per heavy atom. The first kappa shape index (κ1) is 23.9. The molecule has 1 fully saturated rings. The smallest absolute Gasteiger partial charge is 0.231 e. The van der Waals surface area contributed by atoms with Crippen molar-refractivity contribution in [2.24, 2.45) is 5.92 Å². The normalized spacial score (nSPS) is 22.5. The van der Waals surface area contributed by atoms with Gasteiger partial charge in [0.15, 0.2) is 11.5 Å². The third-order valence-corrected chi connectivity index (χ3v) is 7.90. The van der Waals surface area contributed by atoms with Crippen LogP contribution in [-0.4, -0.2) is 61.9 Å². The summed E-state index contributed by atoms with van der Waals surface area (Å²) in [5.41, 5.74) is 3.32. The minimum Gasteiger partial charge on any atom is -0.454 e. The molecule has 0 bridgehead atoms. The second-order valence-electron chi connectivity index (χ2n) is 9.29. The summed E-state index contributed by atoms with van der Waals surface area (Å²) in [6.07, 6.45) is -1.65. The lowest BCUT2D eigenvalue weighted by Gasteiger charge is -2.21. The monoisotopic (exact) mass is 521 g/mol. The average molecular weight is 522 g/mol. The molecular formula is C26H27N5O5S. The van der Waals surface area contributed by atoms with E-state index in [-0.39, 0.29) is 13.4 Å². The molecule has 1 aliphatic carbocycles. The summed E-state index contributed by atoms with van der Waals surface area (Å²) in [4.78, 5) is 14.3. The molecule has 10 nitrogen and oxygen atoms in total. The summed E-state index contributed by atoms with van der Waals surface area (Å²) in [5.74, 6) is 1.94. The van der Waals surface area contributed by atoms with Gasteiger partial charge < -0.3 is 35.4 Å². The molecule has 11 heteroatoms. The molecule has 6 rings (SSSR count). The van der Waals surface area contributed by atoms with Gasteiger partial charge in [-0.1, -0.05) is 18.2 Å². The molecular weight excluding hydrogens is 494 g/mol. The highest BCUT2D eigenvalue weighted by atomic mass is 32.1. The van der Waals surface area contributed by atoms with Crippen LogP contribution in [0.5, 0.6) is 11.5 Å². The number of hydrogen-bond acceptors (Lipinski definition) is 11. The number of aryl methyl sites for hydroxylation is 1. The second kappa shape index (κ2) is 9.75. The van der Waals surface area contributed by atoms with E-state index < -0.39 is 24.2 Å². The van der Waals surface area contributed by atoms with Gasteiger partial charge in [0, 0.05) is 19.1 Å². The van der Waals surface area contributed by atoms with Crippen LogP contribution >= 0.6 is 11.3 Å². The summed E-state index contributed by atoms with van der Waals surface area (Å²) in [5, 5.41) is 38.0. The largest absolute Gasteiger partial charge is 0.454 e. The summed E-state index contributed by atoms with van der Waals surface area (Å²) < 4.78 is 11.9. The summed E-state index contributed by atoms with van der Waals surface area (Å²) >= 11 is 1.54. The second-order valence-corrected chi connectivity index (χ2v) is 10.3. The van der Waals surface area contributed by atoms with Crippen LogP contribution in [0, 0.1) is 12.8 Å². The number of ether oxygens (including phenoxy) is 2. The Morgan fingerprint density at radius 2 is 1.86 bits per heavy atom. The fourth-order valence-corrected chi connectivity index (χ4v) is 5.91. The maximum Gasteiger partial charge on any atom is 0.231 e. The van der Waals surface area contributed by atoms with Crippen molar-refractivity contribution in [2.75, 3.05) is 24.0 Å². The molecule has 4 atom stereocenters. The fourth-order valence-electron chi connectivity index (χ4n) is 4.85. The number of aliphatic hydroxyl groups excluding tert-OH is 3. The van der Waals surface area contributed by atoms with Gasteiger partial charge in [-0.2, -0.15) is 4.98 Å². The number of aromatic nitrogens is 3. The standard InChI is InChI=1S/C26H27N5O5S/c1-13-21(25-30-16-4-2-3-5-20(16)37-25)24(29-17-9-15(11-32)22(33)23(17)34)31-26(28-13)27-10-14-6-7-18-19(8-14)36-12-35-18/h2-8,15,17,22-23,32-34H,9-12H2,1H3,(H2,27,28,29,31). The van der Waals surface area contributed by atoms with Crippen LogP contribution < -0.4 is 20.1 Å². The van der Waals surface area contributed by atoms with Gasteiger partial charge in [0.05, 0.1) is 33.6 Å². The van der Waals surface area contributed by atoms with E-state index in [1.165, 1.54) is 0 Å². The topological polar surface area (TPSA) is 142 Å². The molecule has 0 amide bonds. The molecule has 4 aromatic rings. The maximum absolute atomic E-state index is 10.6. The minimum atomic E-state index is -1.04. The molecule has 37 heavy (non-hydrogen) atoms. The van der Waals surface area contributed by atoms with Crippen LogP contribution in [-0.2, 0) is 6.54 Å². The zero-order valence-electron chi connectivity index (χ0n) is 20.1. The highest BCUT2D eigenvalue weighted by Crippen LogP contribution is 2.38. The lowest BCUT2D eigenvalue weighted by atomic mass is 10.1. The summed E-state index contributed by atoms with van der Waals surface area (Å²) in [6, 6.07) is 13.2. The molecule has 4 unspecified atom stereocenters. The van der Waals surface area contributed by atoms with Crippen LogP contribution in [0.15, 0.2) is 42.5 Å². The number of rotatable bonds is 7. The van der Waals surface area contributed by atoms with Crippen molar-refractivity contribution in [3.8, 4) is 22.1 Å². The molecule has 0 spiro atoms. The van der Waals surface area contributed by atoms with E-state index in [4.69, 9.17) is 24.4 Å². The van der Waals surface area contributed by atoms with Crippen LogP contribution in [0.1, 0.15) is 17.7 Å². The average Bonchev–Trinajstić information content (AvgIpc) is 3.61. The fraction of sp³-hybridized carbons (Fsp3) is 0.346. The molecule has 1 saturated carbocycles. The van der Waals surface area contributed by atoms with E-state index in [1.807, 2.05) is 49.4 Å². The van der Waals surface area contributed by atoms with Crippen molar-refractivity contribution in [3.63, 3.8) is 0 Å². The third kappa shape index (κ3) is 4.55. The van der Waals surface area contributed by atoms with Crippen molar-refractivity contribution in [2.45, 2.75) is 38.1 Å². The van der Waals surface area contributed by atoms with Gasteiger partial charge in [-0.05, 0) is 43.2 Å². The number of anilines is 2. The van der Waals surface area contributed by atoms with Crippen molar-refractivity contribution in [1.29, 1.82) is 0 Å². The zero-order valence-corrected chi connectivity index (χ0v) is 20.9. The number of hydrogen-bond donors (Lipinski definition) is 5. The number of thiazole rings is 1. The molecule has 0 radical (unpaired) electrons. The lowest BCUT2D eigenvalue weighted by molar-refractivity contribution is 0.00446. The Bertz CT molecular complexity index is 1410. The highest BCUT2D eigenvalue weighted by molar-refractivity contribution is 7.21. The zero-order chi connectivity index (χ0) is 25.5. The SMILES string of the molecule is Cc1nc(NCc2ccc3c(c2)OCO3)nc(NC2CC(CO)C(O)C2O)c1-c1nc2ccccc2s1. The van der Waals surface area contributed by atoms with Gasteiger partial charge in [0.2, 0.25) is 12.7 Å². The summed E-state index contributed by atoms with van der Waals surface area (Å²) in [7, 11) is 0. The van der Waals surface area contributed by atoms with Crippen molar-refractivity contribution in [1.82, 2.24) is 15.0 Å². The first-order chi connectivity index (χ1) is 18.0. The maximum atomic E-state index is 10.6. The van der Waals surface area contributed by atoms with Gasteiger partial charge in [0.1, 0.15) is 16.9 Å². The number of para-hydroxylation sites is 1. The highest BCUT2D eigenvalue weighted by Gasteiger charge is 2.41. The van der Waals surface area contributed by atoms with E-state index in [0.29, 0.717) is 30.5 Å². The number of aliphatic hydroxyl groups is 3. The van der Waals surface area contributed by atoms with Gasteiger partial charge >= 0.3 is 0 Å². The molecule has 5 N–H and O–H groups in total. The van der Waals surface area contributed by atoms with Gasteiger partial charge in [-0.25, -0.2) is 9.97 Å². The Hall–Kier alpha value is -3.51. The quantitative estimate of drug-likeness (QED) is 0.246. The van der Waals surface area contributed by atoms with E-state index in [0.717, 1.165) is 37.8 Å². The van der Waals surface area contributed by atoms with Crippen LogP contribution in [0.25, 0.3) is 20.8 Å². The first-order valence-electron chi connectivity index (χ1n) is 12.1. The van der Waals surface area contributed by atoms with Gasteiger partial charge in [-0.3, -0.25) is 0 Å². The van der Waals surface area contributed by atoms with Crippen molar-refractivity contribution >= 4 is 33.3 Å². The van der Waals surface area contributed by atoms with Crippen LogP contribution in [0.2, 0.25) is 0 Å². The molecule has 1 aliphatic heterocycles. The Kier molecular flexibility index (Phi) is 6.29. The van der Waals surface area contributed by atoms with Crippen molar-refractivity contribution in [3.05, 3.63) is 53.7 Å². The van der Waals surface area contributed by atoms with Gasteiger partial charge in [0.25, 0.3) is 0 Å². The number of nitrogens with zero attached hydrogens (tertiary/aromatic N) is 3. The van der Waals surface area contributed by atoms with E-state index in [1.54, 1.807) is 11.3 Å². The Balaban J connectivity index is 1.33. The molecule has 2 aliphatic rings. The Labute approximate surface area is 217 Å². The lowest BCUT2D eigenvalue weighted by Crippen LogP contribution is -2.35. The molecule has 2 aromatic heterocycles.